The fraction of sp³-hybridized carbons (Fsp3) is 0.286. The molecule has 0 spiro atoms. The van der Waals surface area contributed by atoms with E-state index in [1.807, 2.05) is 6.92 Å². The van der Waals surface area contributed by atoms with Crippen LogP contribution in [-0.4, -0.2) is 5.91 Å². The second-order valence-electron chi connectivity index (χ2n) is 1.98. The Hall–Kier alpha value is -1.25. The molecule has 0 aromatic carbocycles. The summed E-state index contributed by atoms with van der Waals surface area (Å²) in [6.07, 6.45) is 2.17. The summed E-state index contributed by atoms with van der Waals surface area (Å²) in [5, 5.41) is 0. The van der Waals surface area contributed by atoms with Crippen LogP contribution in [0.25, 0.3) is 0 Å². The van der Waals surface area contributed by atoms with E-state index in [2.05, 4.69) is 0 Å². The number of hydrogen-bond acceptors (Lipinski definition) is 2. The largest absolute Gasteiger partial charge is 0.469 e. The van der Waals surface area contributed by atoms with Crippen molar-refractivity contribution in [1.82, 2.24) is 0 Å². The van der Waals surface area contributed by atoms with E-state index in [1.165, 1.54) is 6.26 Å². The number of hydrogen-bond donors (Lipinski definition) is 1. The van der Waals surface area contributed by atoms with E-state index in [0.29, 0.717) is 17.7 Å². The van der Waals surface area contributed by atoms with Crippen molar-refractivity contribution in [3.63, 3.8) is 0 Å². The van der Waals surface area contributed by atoms with E-state index in [-0.39, 0.29) is 0 Å². The zero-order valence-electron chi connectivity index (χ0n) is 5.76. The molecule has 0 aliphatic carbocycles. The minimum absolute atomic E-state index is 0.425. The SMILES string of the molecule is CCc1occc1C(N)=O. The first-order valence-electron chi connectivity index (χ1n) is 3.12. The lowest BCUT2D eigenvalue weighted by atomic mass is 10.2. The number of furan rings is 1. The topological polar surface area (TPSA) is 56.2 Å². The van der Waals surface area contributed by atoms with Gasteiger partial charge in [0.05, 0.1) is 11.8 Å². The molecular weight excluding hydrogens is 130 g/mol. The smallest absolute Gasteiger partial charge is 0.252 e. The summed E-state index contributed by atoms with van der Waals surface area (Å²) in [4.78, 5) is 10.6. The van der Waals surface area contributed by atoms with Crippen LogP contribution in [0.4, 0.5) is 0 Å². The maximum atomic E-state index is 10.6. The number of carbonyl (C=O) groups excluding carboxylic acids is 1. The zero-order chi connectivity index (χ0) is 7.56. The van der Waals surface area contributed by atoms with Gasteiger partial charge in [-0.05, 0) is 6.07 Å². The summed E-state index contributed by atoms with van der Waals surface area (Å²) in [6, 6.07) is 1.58. The van der Waals surface area contributed by atoms with E-state index in [4.69, 9.17) is 10.2 Å². The van der Waals surface area contributed by atoms with Crippen molar-refractivity contribution in [3.8, 4) is 0 Å². The molecule has 0 saturated carbocycles. The molecule has 1 heterocycles. The zero-order valence-corrected chi connectivity index (χ0v) is 5.76. The normalized spacial score (nSPS) is 9.70. The van der Waals surface area contributed by atoms with Gasteiger partial charge in [-0.2, -0.15) is 0 Å². The molecule has 2 N–H and O–H groups in total. The van der Waals surface area contributed by atoms with E-state index in [0.717, 1.165) is 0 Å². The number of amides is 1. The van der Waals surface area contributed by atoms with Crippen molar-refractivity contribution >= 4 is 5.91 Å². The van der Waals surface area contributed by atoms with Crippen LogP contribution in [0.2, 0.25) is 0 Å². The number of rotatable bonds is 2. The van der Waals surface area contributed by atoms with E-state index in [1.54, 1.807) is 6.07 Å². The van der Waals surface area contributed by atoms with Crippen molar-refractivity contribution < 1.29 is 9.21 Å². The van der Waals surface area contributed by atoms with Crippen molar-refractivity contribution in [2.75, 3.05) is 0 Å². The molecule has 1 aromatic heterocycles. The van der Waals surface area contributed by atoms with E-state index >= 15 is 0 Å². The Bertz CT molecular complexity index is 240. The molecular formula is C7H9NO2. The summed E-state index contributed by atoms with van der Waals surface area (Å²) in [7, 11) is 0. The van der Waals surface area contributed by atoms with Gasteiger partial charge >= 0.3 is 0 Å². The lowest BCUT2D eigenvalue weighted by Gasteiger charge is -1.91. The Morgan fingerprint density at radius 1 is 1.80 bits per heavy atom. The van der Waals surface area contributed by atoms with Crippen LogP contribution >= 0.6 is 0 Å². The van der Waals surface area contributed by atoms with Crippen molar-refractivity contribution in [3.05, 3.63) is 23.7 Å². The lowest BCUT2D eigenvalue weighted by Crippen LogP contribution is -2.11. The van der Waals surface area contributed by atoms with Gasteiger partial charge in [-0.3, -0.25) is 4.79 Å². The molecule has 3 heteroatoms. The second-order valence-corrected chi connectivity index (χ2v) is 1.98. The predicted molar refractivity (Wildman–Crippen MR) is 36.6 cm³/mol. The standard InChI is InChI=1S/C7H9NO2/c1-2-6-5(7(8)9)3-4-10-6/h3-4H,2H2,1H3,(H2,8,9). The molecule has 10 heavy (non-hydrogen) atoms. The molecule has 0 aliphatic heterocycles. The predicted octanol–water partition coefficient (Wildman–Crippen LogP) is 0.941. The van der Waals surface area contributed by atoms with Crippen LogP contribution in [0.15, 0.2) is 16.7 Å². The van der Waals surface area contributed by atoms with Crippen LogP contribution in [0.1, 0.15) is 23.0 Å². The van der Waals surface area contributed by atoms with Gasteiger partial charge in [0.25, 0.3) is 5.91 Å². The molecule has 1 aromatic rings. The Labute approximate surface area is 58.8 Å². The fourth-order valence-electron chi connectivity index (χ4n) is 0.834. The average Bonchev–Trinajstić information content (AvgIpc) is 2.33. The summed E-state index contributed by atoms with van der Waals surface area (Å²) in [6.45, 7) is 1.91. The second kappa shape index (κ2) is 2.56. The summed E-state index contributed by atoms with van der Waals surface area (Å²) in [5.74, 6) is 0.234. The van der Waals surface area contributed by atoms with Gasteiger partial charge in [0.2, 0.25) is 0 Å². The highest BCUT2D eigenvalue weighted by Crippen LogP contribution is 2.09. The molecule has 1 amide bonds. The Kier molecular flexibility index (Phi) is 1.76. The molecule has 0 bridgehead atoms. The first-order chi connectivity index (χ1) is 4.75. The molecule has 54 valence electrons. The van der Waals surface area contributed by atoms with Crippen LogP contribution in [0.3, 0.4) is 0 Å². The van der Waals surface area contributed by atoms with E-state index in [9.17, 15) is 4.79 Å². The third kappa shape index (κ3) is 1.03. The maximum absolute atomic E-state index is 10.6. The van der Waals surface area contributed by atoms with Crippen molar-refractivity contribution in [1.29, 1.82) is 0 Å². The Balaban J connectivity index is 3.01. The summed E-state index contributed by atoms with van der Waals surface area (Å²) in [5.41, 5.74) is 5.52. The van der Waals surface area contributed by atoms with Gasteiger partial charge in [0.1, 0.15) is 5.76 Å². The van der Waals surface area contributed by atoms with Gasteiger partial charge in [0.15, 0.2) is 0 Å². The molecule has 1 rings (SSSR count). The monoisotopic (exact) mass is 139 g/mol. The lowest BCUT2D eigenvalue weighted by molar-refractivity contribution is 0.0998. The average molecular weight is 139 g/mol. The molecule has 3 nitrogen and oxygen atoms in total. The van der Waals surface area contributed by atoms with Gasteiger partial charge < -0.3 is 10.2 Å². The molecule has 0 aliphatic rings. The van der Waals surface area contributed by atoms with Gasteiger partial charge in [0, 0.05) is 6.42 Å². The number of carbonyl (C=O) groups is 1. The maximum Gasteiger partial charge on any atom is 0.252 e. The first-order valence-corrected chi connectivity index (χ1v) is 3.12. The highest BCUT2D eigenvalue weighted by atomic mass is 16.3. The molecule has 0 saturated heterocycles. The van der Waals surface area contributed by atoms with Crippen LogP contribution in [0.5, 0.6) is 0 Å². The summed E-state index contributed by atoms with van der Waals surface area (Å²) < 4.78 is 4.97. The minimum Gasteiger partial charge on any atom is -0.469 e. The van der Waals surface area contributed by atoms with Crippen LogP contribution in [0, 0.1) is 0 Å². The number of aryl methyl sites for hydroxylation is 1. The molecule has 0 radical (unpaired) electrons. The molecule has 0 atom stereocenters. The van der Waals surface area contributed by atoms with Gasteiger partial charge in [-0.15, -0.1) is 0 Å². The van der Waals surface area contributed by atoms with Crippen molar-refractivity contribution in [2.24, 2.45) is 5.73 Å². The van der Waals surface area contributed by atoms with Gasteiger partial charge in [-0.1, -0.05) is 6.92 Å². The summed E-state index contributed by atoms with van der Waals surface area (Å²) >= 11 is 0. The highest BCUT2D eigenvalue weighted by molar-refractivity contribution is 5.93. The van der Waals surface area contributed by atoms with Crippen molar-refractivity contribution in [2.45, 2.75) is 13.3 Å². The number of nitrogens with two attached hydrogens (primary N) is 1. The van der Waals surface area contributed by atoms with Crippen LogP contribution in [-0.2, 0) is 6.42 Å². The Morgan fingerprint density at radius 3 is 2.90 bits per heavy atom. The Morgan fingerprint density at radius 2 is 2.50 bits per heavy atom. The highest BCUT2D eigenvalue weighted by Gasteiger charge is 2.07. The minimum atomic E-state index is -0.425. The molecule has 0 unspecified atom stereocenters. The third-order valence-corrected chi connectivity index (χ3v) is 1.33. The quantitative estimate of drug-likeness (QED) is 0.662. The third-order valence-electron chi connectivity index (χ3n) is 1.33. The number of primary amides is 1. The van der Waals surface area contributed by atoms with Crippen LogP contribution < -0.4 is 5.73 Å². The first kappa shape index (κ1) is 6.86. The van der Waals surface area contributed by atoms with Gasteiger partial charge in [-0.25, -0.2) is 0 Å². The van der Waals surface area contributed by atoms with E-state index < -0.39 is 5.91 Å². The fourth-order valence-corrected chi connectivity index (χ4v) is 0.834. The molecule has 0 fully saturated rings.